The van der Waals surface area contributed by atoms with E-state index < -0.39 is 11.7 Å². The highest BCUT2D eigenvalue weighted by Gasteiger charge is 2.30. The second-order valence-corrected chi connectivity index (χ2v) is 2.26. The lowest BCUT2D eigenvalue weighted by Crippen LogP contribution is -2.11. The largest absolute Gasteiger partial charge is 0.412 e. The number of hydrogen-bond acceptors (Lipinski definition) is 1. The second kappa shape index (κ2) is 3.46. The van der Waals surface area contributed by atoms with Crippen molar-refractivity contribution in [3.05, 3.63) is 24.4 Å². The Morgan fingerprint density at radius 2 is 1.64 bits per heavy atom. The summed E-state index contributed by atoms with van der Waals surface area (Å²) >= 11 is 0. The fourth-order valence-electron chi connectivity index (χ4n) is 0.453. The molecule has 0 atom stereocenters. The minimum atomic E-state index is -4.30. The quantitative estimate of drug-likeness (QED) is 0.638. The summed E-state index contributed by atoms with van der Waals surface area (Å²) in [5.74, 6) is 0. The number of nitrogens with two attached hydrogens (primary N) is 1. The molecule has 11 heavy (non-hydrogen) atoms. The number of rotatable bonds is 3. The first-order valence-electron chi connectivity index (χ1n) is 3.02. The van der Waals surface area contributed by atoms with Crippen molar-refractivity contribution >= 4 is 0 Å². The fraction of sp³-hybridized carbons (Fsp3) is 0.429. The van der Waals surface area contributed by atoms with Gasteiger partial charge in [-0.2, -0.15) is 13.2 Å². The van der Waals surface area contributed by atoms with E-state index in [1.54, 1.807) is 0 Å². The van der Waals surface area contributed by atoms with E-state index in [2.05, 4.69) is 13.2 Å². The van der Waals surface area contributed by atoms with Crippen LogP contribution < -0.4 is 5.73 Å². The summed E-state index contributed by atoms with van der Waals surface area (Å²) < 4.78 is 35.2. The summed E-state index contributed by atoms with van der Waals surface area (Å²) in [4.78, 5) is 0. The predicted octanol–water partition coefficient (Wildman–Crippen LogP) is 2.36. The predicted molar refractivity (Wildman–Crippen MR) is 37.8 cm³/mol. The summed E-state index contributed by atoms with van der Waals surface area (Å²) in [5.41, 5.74) is 4.57. The van der Waals surface area contributed by atoms with Crippen molar-refractivity contribution in [1.82, 2.24) is 0 Å². The Bertz CT molecular complexity index is 169. The highest BCUT2D eigenvalue weighted by Crippen LogP contribution is 2.27. The van der Waals surface area contributed by atoms with Gasteiger partial charge in [0.05, 0.1) is 0 Å². The Labute approximate surface area is 63.4 Å². The monoisotopic (exact) mass is 165 g/mol. The molecule has 4 heteroatoms. The Hall–Kier alpha value is -0.930. The highest BCUT2D eigenvalue weighted by atomic mass is 19.4. The number of hydrogen-bond donors (Lipinski definition) is 1. The van der Waals surface area contributed by atoms with Crippen LogP contribution in [0.5, 0.6) is 0 Å². The molecule has 0 aromatic heterocycles. The zero-order valence-corrected chi connectivity index (χ0v) is 6.04. The van der Waals surface area contributed by atoms with Crippen LogP contribution in [0.1, 0.15) is 12.8 Å². The molecule has 0 saturated heterocycles. The molecule has 0 fully saturated rings. The average molecular weight is 165 g/mol. The Morgan fingerprint density at radius 1 is 1.18 bits per heavy atom. The van der Waals surface area contributed by atoms with Gasteiger partial charge in [0.25, 0.3) is 0 Å². The number of allylic oxidation sites excluding steroid dienone is 2. The molecule has 0 spiro atoms. The van der Waals surface area contributed by atoms with Crippen molar-refractivity contribution in [2.45, 2.75) is 19.0 Å². The van der Waals surface area contributed by atoms with Gasteiger partial charge in [0.2, 0.25) is 0 Å². The maximum atomic E-state index is 11.7. The first kappa shape index (κ1) is 10.1. The van der Waals surface area contributed by atoms with Crippen LogP contribution >= 0.6 is 0 Å². The zero-order chi connectivity index (χ0) is 9.07. The van der Waals surface area contributed by atoms with Gasteiger partial charge in [-0.3, -0.25) is 0 Å². The van der Waals surface area contributed by atoms with Gasteiger partial charge in [-0.1, -0.05) is 13.2 Å². The van der Waals surface area contributed by atoms with Crippen molar-refractivity contribution in [1.29, 1.82) is 0 Å². The molecular formula is C7H10F3N. The van der Waals surface area contributed by atoms with Crippen LogP contribution in [0.3, 0.4) is 0 Å². The van der Waals surface area contributed by atoms with Gasteiger partial charge >= 0.3 is 6.18 Å². The van der Waals surface area contributed by atoms with Gasteiger partial charge in [0.1, 0.15) is 0 Å². The molecule has 0 bridgehead atoms. The van der Waals surface area contributed by atoms with E-state index in [9.17, 15) is 13.2 Å². The Morgan fingerprint density at radius 3 is 1.91 bits per heavy atom. The van der Waals surface area contributed by atoms with E-state index in [0.29, 0.717) is 0 Å². The Kier molecular flexibility index (Phi) is 3.17. The van der Waals surface area contributed by atoms with E-state index in [1.165, 1.54) is 0 Å². The third-order valence-electron chi connectivity index (χ3n) is 1.15. The zero-order valence-electron chi connectivity index (χ0n) is 6.04. The molecule has 0 rings (SSSR count). The molecule has 0 aliphatic carbocycles. The van der Waals surface area contributed by atoms with E-state index in [-0.39, 0.29) is 18.5 Å². The normalized spacial score (nSPS) is 11.2. The van der Waals surface area contributed by atoms with E-state index in [1.807, 2.05) is 0 Å². The summed E-state index contributed by atoms with van der Waals surface area (Å²) in [6, 6.07) is 0. The molecule has 64 valence electrons. The first-order chi connectivity index (χ1) is 4.84. The molecule has 0 radical (unpaired) electrons. The molecule has 0 saturated carbocycles. The van der Waals surface area contributed by atoms with Crippen molar-refractivity contribution in [2.75, 3.05) is 0 Å². The molecule has 0 aliphatic rings. The SMILES string of the molecule is C=C(N)CCC(=C)C(F)(F)F. The third kappa shape index (κ3) is 4.47. The van der Waals surface area contributed by atoms with Crippen LogP contribution in [-0.2, 0) is 0 Å². The standard InChI is InChI=1S/C7H10F3N/c1-5(7(8,9)10)3-4-6(2)11/h1-4,11H2. The minimum Gasteiger partial charge on any atom is -0.403 e. The smallest absolute Gasteiger partial charge is 0.403 e. The fourth-order valence-corrected chi connectivity index (χ4v) is 0.453. The Balaban J connectivity index is 3.80. The van der Waals surface area contributed by atoms with Crippen LogP contribution in [0.2, 0.25) is 0 Å². The summed E-state index contributed by atoms with van der Waals surface area (Å²) in [5, 5.41) is 0. The molecular weight excluding hydrogens is 155 g/mol. The van der Waals surface area contributed by atoms with Crippen LogP contribution in [-0.4, -0.2) is 6.18 Å². The molecule has 2 N–H and O–H groups in total. The first-order valence-corrected chi connectivity index (χ1v) is 3.02. The van der Waals surface area contributed by atoms with Crippen molar-refractivity contribution < 1.29 is 13.2 Å². The van der Waals surface area contributed by atoms with Gasteiger partial charge in [-0.05, 0) is 12.8 Å². The second-order valence-electron chi connectivity index (χ2n) is 2.26. The number of halogens is 3. The molecule has 0 unspecified atom stereocenters. The highest BCUT2D eigenvalue weighted by molar-refractivity contribution is 5.05. The summed E-state index contributed by atoms with van der Waals surface area (Å²) in [6.07, 6.45) is -4.33. The van der Waals surface area contributed by atoms with Crippen LogP contribution in [0.4, 0.5) is 13.2 Å². The minimum absolute atomic E-state index is 0.137. The van der Waals surface area contributed by atoms with Gasteiger partial charge in [-0.15, -0.1) is 0 Å². The molecule has 0 heterocycles. The molecule has 1 nitrogen and oxygen atoms in total. The molecule has 0 aromatic carbocycles. The topological polar surface area (TPSA) is 26.0 Å². The van der Waals surface area contributed by atoms with Crippen LogP contribution in [0, 0.1) is 0 Å². The van der Waals surface area contributed by atoms with E-state index in [4.69, 9.17) is 5.73 Å². The lowest BCUT2D eigenvalue weighted by atomic mass is 10.1. The van der Waals surface area contributed by atoms with Gasteiger partial charge in [-0.25, -0.2) is 0 Å². The molecule has 0 amide bonds. The van der Waals surface area contributed by atoms with Crippen LogP contribution in [0.25, 0.3) is 0 Å². The molecule has 0 aliphatic heterocycles. The van der Waals surface area contributed by atoms with E-state index >= 15 is 0 Å². The van der Waals surface area contributed by atoms with Gasteiger partial charge in [0.15, 0.2) is 0 Å². The van der Waals surface area contributed by atoms with Gasteiger partial charge in [0, 0.05) is 11.3 Å². The summed E-state index contributed by atoms with van der Waals surface area (Å²) in [6.45, 7) is 6.15. The van der Waals surface area contributed by atoms with Crippen molar-refractivity contribution in [3.63, 3.8) is 0 Å². The number of alkyl halides is 3. The maximum Gasteiger partial charge on any atom is 0.412 e. The van der Waals surface area contributed by atoms with Crippen molar-refractivity contribution in [2.24, 2.45) is 5.73 Å². The van der Waals surface area contributed by atoms with Gasteiger partial charge < -0.3 is 5.73 Å². The lowest BCUT2D eigenvalue weighted by molar-refractivity contribution is -0.0935. The summed E-state index contributed by atoms with van der Waals surface area (Å²) in [7, 11) is 0. The van der Waals surface area contributed by atoms with Crippen LogP contribution in [0.15, 0.2) is 24.4 Å². The maximum absolute atomic E-state index is 11.7. The molecule has 0 aromatic rings. The average Bonchev–Trinajstić information content (AvgIpc) is 1.80. The van der Waals surface area contributed by atoms with Crippen molar-refractivity contribution in [3.8, 4) is 0 Å². The van der Waals surface area contributed by atoms with E-state index in [0.717, 1.165) is 0 Å². The third-order valence-corrected chi connectivity index (χ3v) is 1.15. The lowest BCUT2D eigenvalue weighted by Gasteiger charge is -2.08.